The van der Waals surface area contributed by atoms with Crippen LogP contribution in [0.1, 0.15) is 0 Å². The number of hydroxylamine groups is 2. The molecule has 1 unspecified atom stereocenters. The maximum atomic E-state index is 12.0. The van der Waals surface area contributed by atoms with Gasteiger partial charge in [-0.1, -0.05) is 0 Å². The van der Waals surface area contributed by atoms with Crippen LogP contribution >= 0.6 is 0 Å². The summed E-state index contributed by atoms with van der Waals surface area (Å²) in [6.45, 7) is -0.756. The maximum Gasteiger partial charge on any atom is 0.315 e. The molecule has 0 spiro atoms. The van der Waals surface area contributed by atoms with Crippen molar-refractivity contribution in [1.29, 1.82) is 0 Å². The van der Waals surface area contributed by atoms with Crippen molar-refractivity contribution in [3.8, 4) is 0 Å². The highest BCUT2D eigenvalue weighted by Crippen LogP contribution is 2.21. The Balaban J connectivity index is 2.22. The first kappa shape index (κ1) is 9.87. The number of quaternary nitrogens is 1. The van der Waals surface area contributed by atoms with Crippen LogP contribution in [0, 0.1) is 0 Å². The molecule has 0 aliphatic carbocycles. The second-order valence-corrected chi connectivity index (χ2v) is 2.81. The van der Waals surface area contributed by atoms with Crippen molar-refractivity contribution in [2.75, 3.05) is 6.61 Å². The van der Waals surface area contributed by atoms with Gasteiger partial charge in [0.25, 0.3) is 12.4 Å². The molecular formula is C7H8F2N5O+. The van der Waals surface area contributed by atoms with Gasteiger partial charge in [-0.05, 0) is 0 Å². The third-order valence-corrected chi connectivity index (χ3v) is 1.75. The molecule has 0 fully saturated rings. The van der Waals surface area contributed by atoms with Crippen molar-refractivity contribution in [2.45, 2.75) is 6.43 Å². The summed E-state index contributed by atoms with van der Waals surface area (Å²) in [5.41, 5.74) is 5.37. The summed E-state index contributed by atoms with van der Waals surface area (Å²) in [7, 11) is 0. The topological polar surface area (TPSA) is 72.3 Å². The van der Waals surface area contributed by atoms with E-state index in [-0.39, 0.29) is 11.8 Å². The molecule has 2 N–H and O–H groups in total. The standard InChI is InChI=1S/C7H8F2N5O/c8-5(9)4-15-14-2-1-11-3-6(14)12-7(10)13-14/h1-3,5H,4H2,(H2,10,13)/q+1. The minimum atomic E-state index is -2.58. The van der Waals surface area contributed by atoms with Crippen LogP contribution in [0.15, 0.2) is 27.5 Å². The number of nitrogens with zero attached hydrogens (tertiary/aromatic N) is 4. The number of halogens is 2. The summed E-state index contributed by atoms with van der Waals surface area (Å²) < 4.78 is 23.5. The molecule has 8 heteroatoms. The average Bonchev–Trinajstić information content (AvgIpc) is 2.51. The Labute approximate surface area is 83.6 Å². The molecular weight excluding hydrogens is 208 g/mol. The number of alkyl halides is 2. The number of guanidine groups is 1. The van der Waals surface area contributed by atoms with Gasteiger partial charge in [0.1, 0.15) is 6.21 Å². The van der Waals surface area contributed by atoms with Crippen LogP contribution in [-0.2, 0) is 4.84 Å². The smallest absolute Gasteiger partial charge is 0.315 e. The molecule has 0 radical (unpaired) electrons. The fraction of sp³-hybridized carbons (Fsp3) is 0.286. The molecule has 0 aromatic carbocycles. The molecule has 0 amide bonds. The molecule has 2 rings (SSSR count). The van der Waals surface area contributed by atoms with Crippen LogP contribution in [0.2, 0.25) is 0 Å². The first-order valence-corrected chi connectivity index (χ1v) is 4.10. The van der Waals surface area contributed by atoms with E-state index in [1.165, 1.54) is 18.6 Å². The Bertz CT molecular complexity index is 389. The number of rotatable bonds is 3. The average molecular weight is 216 g/mol. The molecule has 0 aromatic rings. The van der Waals surface area contributed by atoms with E-state index in [1.54, 1.807) is 0 Å². The van der Waals surface area contributed by atoms with E-state index in [1.807, 2.05) is 0 Å². The quantitative estimate of drug-likeness (QED) is 0.684. The SMILES string of the molecule is NC1=N[N+]2(OCC(F)F)C=CN=CC2=N1. The van der Waals surface area contributed by atoms with Crippen molar-refractivity contribution in [3.05, 3.63) is 12.4 Å². The Morgan fingerprint density at radius 1 is 1.53 bits per heavy atom. The largest absolute Gasteiger partial charge is 0.363 e. The normalized spacial score (nSPS) is 27.9. The lowest BCUT2D eigenvalue weighted by Gasteiger charge is -2.20. The van der Waals surface area contributed by atoms with Gasteiger partial charge in [-0.2, -0.15) is 4.84 Å². The second kappa shape index (κ2) is 3.48. The van der Waals surface area contributed by atoms with Gasteiger partial charge in [0, 0.05) is 9.86 Å². The van der Waals surface area contributed by atoms with Crippen LogP contribution in [0.5, 0.6) is 0 Å². The van der Waals surface area contributed by atoms with Crippen LogP contribution < -0.4 is 5.73 Å². The molecule has 1 atom stereocenters. The number of fused-ring (bicyclic) bond motifs is 1. The summed E-state index contributed by atoms with van der Waals surface area (Å²) in [6, 6.07) is 0. The lowest BCUT2D eigenvalue weighted by atomic mass is 10.5. The highest BCUT2D eigenvalue weighted by molar-refractivity contribution is 6.29. The molecule has 2 aliphatic rings. The van der Waals surface area contributed by atoms with Crippen LogP contribution in [0.4, 0.5) is 8.78 Å². The van der Waals surface area contributed by atoms with E-state index >= 15 is 0 Å². The minimum absolute atomic E-state index is 0.0303. The lowest BCUT2D eigenvalue weighted by molar-refractivity contribution is -0.999. The highest BCUT2D eigenvalue weighted by Gasteiger charge is 2.42. The third-order valence-electron chi connectivity index (χ3n) is 1.75. The number of aliphatic imine (C=N–C) groups is 2. The molecule has 2 heterocycles. The van der Waals surface area contributed by atoms with E-state index in [9.17, 15) is 8.78 Å². The zero-order valence-corrected chi connectivity index (χ0v) is 7.55. The molecule has 6 nitrogen and oxygen atoms in total. The van der Waals surface area contributed by atoms with Gasteiger partial charge in [0.15, 0.2) is 12.8 Å². The Kier molecular flexibility index (Phi) is 2.29. The maximum absolute atomic E-state index is 12.0. The van der Waals surface area contributed by atoms with Gasteiger partial charge in [-0.15, -0.1) is 4.99 Å². The van der Waals surface area contributed by atoms with E-state index in [0.29, 0.717) is 0 Å². The number of hydrogen-bond donors (Lipinski definition) is 1. The molecule has 0 bridgehead atoms. The van der Waals surface area contributed by atoms with Crippen molar-refractivity contribution in [2.24, 2.45) is 20.8 Å². The monoisotopic (exact) mass is 216 g/mol. The van der Waals surface area contributed by atoms with Gasteiger partial charge in [0.2, 0.25) is 0 Å². The highest BCUT2D eigenvalue weighted by atomic mass is 19.3. The van der Waals surface area contributed by atoms with Gasteiger partial charge in [0.05, 0.1) is 6.20 Å². The molecule has 0 saturated heterocycles. The van der Waals surface area contributed by atoms with E-state index in [4.69, 9.17) is 10.6 Å². The Hall–Kier alpha value is -1.67. The van der Waals surface area contributed by atoms with E-state index < -0.39 is 17.8 Å². The summed E-state index contributed by atoms with van der Waals surface area (Å²) in [6.07, 6.45) is 1.53. The zero-order chi connectivity index (χ0) is 10.9. The first-order chi connectivity index (χ1) is 7.12. The lowest BCUT2D eigenvalue weighted by Crippen LogP contribution is -2.44. The van der Waals surface area contributed by atoms with Crippen molar-refractivity contribution >= 4 is 18.0 Å². The molecule has 80 valence electrons. The molecule has 15 heavy (non-hydrogen) atoms. The van der Waals surface area contributed by atoms with Crippen molar-refractivity contribution in [3.63, 3.8) is 0 Å². The number of nitrogens with two attached hydrogens (primary N) is 1. The zero-order valence-electron chi connectivity index (χ0n) is 7.55. The minimum Gasteiger partial charge on any atom is -0.363 e. The molecule has 0 aromatic heterocycles. The van der Waals surface area contributed by atoms with Crippen molar-refractivity contribution in [1.82, 2.24) is 0 Å². The fourth-order valence-electron chi connectivity index (χ4n) is 1.18. The predicted octanol–water partition coefficient (Wildman–Crippen LogP) is 0.197. The second-order valence-electron chi connectivity index (χ2n) is 2.81. The van der Waals surface area contributed by atoms with Gasteiger partial charge in [-0.25, -0.2) is 8.78 Å². The fourth-order valence-corrected chi connectivity index (χ4v) is 1.18. The molecule has 0 saturated carbocycles. The molecule has 2 aliphatic heterocycles. The van der Waals surface area contributed by atoms with Crippen LogP contribution in [-0.4, -0.2) is 35.8 Å². The Morgan fingerprint density at radius 3 is 3.07 bits per heavy atom. The first-order valence-electron chi connectivity index (χ1n) is 4.10. The van der Waals surface area contributed by atoms with Crippen LogP contribution in [0.3, 0.4) is 0 Å². The number of amidine groups is 1. The Morgan fingerprint density at radius 2 is 2.33 bits per heavy atom. The van der Waals surface area contributed by atoms with E-state index in [0.717, 1.165) is 0 Å². The van der Waals surface area contributed by atoms with Gasteiger partial charge >= 0.3 is 5.84 Å². The predicted molar refractivity (Wildman–Crippen MR) is 48.9 cm³/mol. The van der Waals surface area contributed by atoms with Crippen LogP contribution in [0.25, 0.3) is 0 Å². The summed E-state index contributed by atoms with van der Waals surface area (Å²) in [5, 5.41) is 3.81. The van der Waals surface area contributed by atoms with E-state index in [2.05, 4.69) is 15.1 Å². The van der Waals surface area contributed by atoms with Gasteiger partial charge < -0.3 is 5.73 Å². The summed E-state index contributed by atoms with van der Waals surface area (Å²) in [4.78, 5) is 12.5. The summed E-state index contributed by atoms with van der Waals surface area (Å²) >= 11 is 0. The van der Waals surface area contributed by atoms with Gasteiger partial charge in [-0.3, -0.25) is 4.99 Å². The third kappa shape index (κ3) is 1.76. The number of hydrogen-bond acceptors (Lipinski definition) is 5. The van der Waals surface area contributed by atoms with Crippen molar-refractivity contribution < 1.29 is 18.4 Å². The summed E-state index contributed by atoms with van der Waals surface area (Å²) in [5.74, 6) is 0.230.